The first-order valence-corrected chi connectivity index (χ1v) is 5.05. The van der Waals surface area contributed by atoms with Crippen molar-refractivity contribution in [3.63, 3.8) is 0 Å². The lowest BCUT2D eigenvalue weighted by atomic mass is 10.2. The van der Waals surface area contributed by atoms with Gasteiger partial charge < -0.3 is 24.4 Å². The Balaban J connectivity index is 2.13. The molecule has 0 aromatic heterocycles. The third kappa shape index (κ3) is 1.65. The van der Waals surface area contributed by atoms with Crippen LogP contribution in [0.5, 0.6) is 0 Å². The van der Waals surface area contributed by atoms with Gasteiger partial charge in [-0.05, 0) is 6.92 Å². The molecular weight excluding hydrogens is 218 g/mol. The lowest BCUT2D eigenvalue weighted by Gasteiger charge is -2.26. The first-order chi connectivity index (χ1) is 7.56. The van der Waals surface area contributed by atoms with Gasteiger partial charge in [0.15, 0.2) is 12.5 Å². The molecule has 0 bridgehead atoms. The number of methoxy groups -OCH3 is 1. The minimum absolute atomic E-state index is 0.199. The van der Waals surface area contributed by atoms with E-state index in [9.17, 15) is 15.0 Å². The van der Waals surface area contributed by atoms with Gasteiger partial charge in [-0.1, -0.05) is 0 Å². The molecule has 0 aromatic rings. The molecule has 0 saturated carbocycles. The van der Waals surface area contributed by atoms with Crippen molar-refractivity contribution in [3.05, 3.63) is 0 Å². The van der Waals surface area contributed by atoms with Gasteiger partial charge in [0.2, 0.25) is 0 Å². The number of hydrogen-bond donors (Lipinski definition) is 2. The fourth-order valence-corrected chi connectivity index (χ4v) is 1.93. The summed E-state index contributed by atoms with van der Waals surface area (Å²) in [6.07, 6.45) is -4.78. The van der Waals surface area contributed by atoms with E-state index >= 15 is 0 Å². The van der Waals surface area contributed by atoms with E-state index in [4.69, 9.17) is 14.2 Å². The molecule has 2 heterocycles. The van der Waals surface area contributed by atoms with Gasteiger partial charge in [-0.15, -0.1) is 0 Å². The van der Waals surface area contributed by atoms with E-state index in [1.807, 2.05) is 0 Å². The standard InChI is InChI=1S/C9H15NO6/c1-4-3-15-9(13)10(4)7-5(11)6(12)8(14-2)16-7/h4-8,11-12H,3H2,1-2H3/t4?,5-,6+,7?,8+/m0/s1. The first-order valence-electron chi connectivity index (χ1n) is 5.05. The van der Waals surface area contributed by atoms with Crippen LogP contribution in [0.2, 0.25) is 0 Å². The Morgan fingerprint density at radius 1 is 1.44 bits per heavy atom. The predicted octanol–water partition coefficient (Wildman–Crippen LogP) is -1.12. The molecule has 5 atom stereocenters. The van der Waals surface area contributed by atoms with Crippen LogP contribution in [-0.4, -0.2) is 65.7 Å². The number of amides is 1. The molecule has 0 aromatic carbocycles. The number of aliphatic hydroxyl groups is 2. The summed E-state index contributed by atoms with van der Waals surface area (Å²) in [6, 6.07) is -0.199. The van der Waals surface area contributed by atoms with Crippen molar-refractivity contribution in [1.82, 2.24) is 4.90 Å². The van der Waals surface area contributed by atoms with E-state index in [2.05, 4.69) is 0 Å². The second-order valence-electron chi connectivity index (χ2n) is 3.95. The van der Waals surface area contributed by atoms with Crippen LogP contribution in [0.15, 0.2) is 0 Å². The minimum Gasteiger partial charge on any atom is -0.447 e. The van der Waals surface area contributed by atoms with Crippen molar-refractivity contribution in [2.24, 2.45) is 0 Å². The first kappa shape index (κ1) is 11.6. The average Bonchev–Trinajstić information content (AvgIpc) is 2.72. The van der Waals surface area contributed by atoms with E-state index in [0.29, 0.717) is 0 Å². The molecule has 2 aliphatic rings. The van der Waals surface area contributed by atoms with Crippen LogP contribution in [0.3, 0.4) is 0 Å². The van der Waals surface area contributed by atoms with Crippen molar-refractivity contribution < 1.29 is 29.2 Å². The van der Waals surface area contributed by atoms with Crippen molar-refractivity contribution >= 4 is 6.09 Å². The van der Waals surface area contributed by atoms with Gasteiger partial charge in [-0.2, -0.15) is 0 Å². The van der Waals surface area contributed by atoms with Crippen LogP contribution < -0.4 is 0 Å². The lowest BCUT2D eigenvalue weighted by Crippen LogP contribution is -2.47. The van der Waals surface area contributed by atoms with E-state index in [-0.39, 0.29) is 12.6 Å². The molecule has 2 N–H and O–H groups in total. The molecule has 2 saturated heterocycles. The molecule has 2 rings (SSSR count). The highest BCUT2D eigenvalue weighted by atomic mass is 16.7. The molecule has 92 valence electrons. The van der Waals surface area contributed by atoms with Gasteiger partial charge in [-0.3, -0.25) is 4.90 Å². The van der Waals surface area contributed by atoms with Gasteiger partial charge >= 0.3 is 6.09 Å². The maximum Gasteiger partial charge on any atom is 0.412 e. The molecular formula is C9H15NO6. The van der Waals surface area contributed by atoms with Crippen molar-refractivity contribution in [2.45, 2.75) is 37.7 Å². The molecule has 16 heavy (non-hydrogen) atoms. The number of ether oxygens (including phenoxy) is 3. The summed E-state index contributed by atoms with van der Waals surface area (Å²) in [4.78, 5) is 12.7. The number of carbonyl (C=O) groups is 1. The average molecular weight is 233 g/mol. The van der Waals surface area contributed by atoms with Crippen LogP contribution in [-0.2, 0) is 14.2 Å². The topological polar surface area (TPSA) is 88.5 Å². The smallest absolute Gasteiger partial charge is 0.412 e. The summed E-state index contributed by atoms with van der Waals surface area (Å²) >= 11 is 0. The van der Waals surface area contributed by atoms with Crippen molar-refractivity contribution in [3.8, 4) is 0 Å². The second kappa shape index (κ2) is 4.17. The maximum atomic E-state index is 11.4. The summed E-state index contributed by atoms with van der Waals surface area (Å²) < 4.78 is 14.9. The van der Waals surface area contributed by atoms with E-state index in [1.165, 1.54) is 12.0 Å². The fourth-order valence-electron chi connectivity index (χ4n) is 1.93. The van der Waals surface area contributed by atoms with Crippen LogP contribution in [0, 0.1) is 0 Å². The Morgan fingerprint density at radius 2 is 2.12 bits per heavy atom. The van der Waals surface area contributed by atoms with Gasteiger partial charge in [0.25, 0.3) is 0 Å². The number of carbonyl (C=O) groups excluding carboxylic acids is 1. The van der Waals surface area contributed by atoms with Gasteiger partial charge in [0.1, 0.15) is 18.8 Å². The molecule has 2 fully saturated rings. The van der Waals surface area contributed by atoms with Crippen LogP contribution in [0.1, 0.15) is 6.92 Å². The fraction of sp³-hybridized carbons (Fsp3) is 0.889. The number of rotatable bonds is 2. The zero-order valence-electron chi connectivity index (χ0n) is 9.07. The third-order valence-corrected chi connectivity index (χ3v) is 2.83. The Kier molecular flexibility index (Phi) is 3.02. The normalized spacial score (nSPS) is 43.9. The minimum atomic E-state index is -1.20. The number of nitrogens with zero attached hydrogens (tertiary/aromatic N) is 1. The highest BCUT2D eigenvalue weighted by molar-refractivity contribution is 5.70. The lowest BCUT2D eigenvalue weighted by molar-refractivity contribution is -0.169. The van der Waals surface area contributed by atoms with Crippen molar-refractivity contribution in [1.29, 1.82) is 0 Å². The summed E-state index contributed by atoms with van der Waals surface area (Å²) in [7, 11) is 1.36. The molecule has 7 nitrogen and oxygen atoms in total. The number of aliphatic hydroxyl groups excluding tert-OH is 2. The monoisotopic (exact) mass is 233 g/mol. The second-order valence-corrected chi connectivity index (χ2v) is 3.95. The quantitative estimate of drug-likeness (QED) is 0.628. The molecule has 7 heteroatoms. The molecule has 0 aliphatic carbocycles. The summed E-state index contributed by atoms with van der Waals surface area (Å²) in [5, 5.41) is 19.3. The largest absolute Gasteiger partial charge is 0.447 e. The van der Waals surface area contributed by atoms with Gasteiger partial charge in [0, 0.05) is 7.11 Å². The van der Waals surface area contributed by atoms with Crippen LogP contribution in [0.4, 0.5) is 4.79 Å². The van der Waals surface area contributed by atoms with Crippen molar-refractivity contribution in [2.75, 3.05) is 13.7 Å². The van der Waals surface area contributed by atoms with Crippen LogP contribution >= 0.6 is 0 Å². The van der Waals surface area contributed by atoms with Crippen LogP contribution in [0.25, 0.3) is 0 Å². The molecule has 2 aliphatic heterocycles. The molecule has 0 radical (unpaired) electrons. The number of cyclic esters (lactones) is 1. The predicted molar refractivity (Wildman–Crippen MR) is 50.3 cm³/mol. The van der Waals surface area contributed by atoms with E-state index in [0.717, 1.165) is 0 Å². The molecule has 0 spiro atoms. The Bertz CT molecular complexity index is 285. The SMILES string of the molecule is CO[C@@H]1OC(N2C(=O)OCC2C)[C@@H](O)[C@H]1O. The van der Waals surface area contributed by atoms with Gasteiger partial charge in [0.05, 0.1) is 6.04 Å². The Morgan fingerprint density at radius 3 is 2.56 bits per heavy atom. The Hall–Kier alpha value is -0.890. The highest BCUT2D eigenvalue weighted by Crippen LogP contribution is 2.28. The zero-order chi connectivity index (χ0) is 11.9. The molecule has 1 amide bonds. The van der Waals surface area contributed by atoms with E-state index in [1.54, 1.807) is 6.92 Å². The summed E-state index contributed by atoms with van der Waals surface area (Å²) in [5.41, 5.74) is 0. The highest BCUT2D eigenvalue weighted by Gasteiger charge is 2.50. The zero-order valence-corrected chi connectivity index (χ0v) is 9.07. The third-order valence-electron chi connectivity index (χ3n) is 2.83. The molecule has 2 unspecified atom stereocenters. The summed E-state index contributed by atoms with van der Waals surface area (Å²) in [5.74, 6) is 0. The number of hydrogen-bond acceptors (Lipinski definition) is 6. The van der Waals surface area contributed by atoms with Gasteiger partial charge in [-0.25, -0.2) is 4.79 Å². The Labute approximate surface area is 92.5 Å². The van der Waals surface area contributed by atoms with E-state index < -0.39 is 30.8 Å². The maximum absolute atomic E-state index is 11.4. The summed E-state index contributed by atoms with van der Waals surface area (Å²) in [6.45, 7) is 2.02.